The van der Waals surface area contributed by atoms with Crippen LogP contribution in [0.15, 0.2) is 18.2 Å². The molecule has 2 heterocycles. The summed E-state index contributed by atoms with van der Waals surface area (Å²) in [5.41, 5.74) is 6.68. The van der Waals surface area contributed by atoms with Gasteiger partial charge in [0.1, 0.15) is 24.0 Å². The van der Waals surface area contributed by atoms with Crippen molar-refractivity contribution in [3.8, 4) is 5.75 Å². The van der Waals surface area contributed by atoms with Gasteiger partial charge in [0.15, 0.2) is 5.82 Å². The quantitative estimate of drug-likeness (QED) is 0.938. The van der Waals surface area contributed by atoms with E-state index in [4.69, 9.17) is 10.5 Å². The van der Waals surface area contributed by atoms with Crippen LogP contribution in [0.3, 0.4) is 0 Å². The van der Waals surface area contributed by atoms with Crippen molar-refractivity contribution in [2.45, 2.75) is 45.4 Å². The maximum atomic E-state index is 13.4. The second-order valence-electron chi connectivity index (χ2n) is 5.40. The summed E-state index contributed by atoms with van der Waals surface area (Å²) in [6, 6.07) is 4.21. The van der Waals surface area contributed by atoms with Crippen molar-refractivity contribution in [3.05, 3.63) is 41.2 Å². The minimum atomic E-state index is -0.335. The zero-order chi connectivity index (χ0) is 14.8. The predicted octanol–water partition coefficient (Wildman–Crippen LogP) is 2.35. The van der Waals surface area contributed by atoms with Gasteiger partial charge in [-0.25, -0.2) is 4.39 Å². The number of aromatic nitrogens is 3. The number of rotatable bonds is 4. The molecular weight excluding hydrogens is 271 g/mol. The Morgan fingerprint density at radius 3 is 3.05 bits per heavy atom. The summed E-state index contributed by atoms with van der Waals surface area (Å²) < 4.78 is 21.2. The fourth-order valence-corrected chi connectivity index (χ4v) is 2.63. The van der Waals surface area contributed by atoms with E-state index in [1.807, 2.05) is 6.92 Å². The fourth-order valence-electron chi connectivity index (χ4n) is 2.63. The van der Waals surface area contributed by atoms with Gasteiger partial charge in [-0.2, -0.15) is 0 Å². The van der Waals surface area contributed by atoms with Gasteiger partial charge in [-0.3, -0.25) is 0 Å². The van der Waals surface area contributed by atoms with Crippen molar-refractivity contribution in [2.24, 2.45) is 5.73 Å². The Kier molecular flexibility index (Phi) is 3.88. The molecule has 0 bridgehead atoms. The van der Waals surface area contributed by atoms with Gasteiger partial charge in [0.2, 0.25) is 0 Å². The van der Waals surface area contributed by atoms with Crippen LogP contribution in [0.5, 0.6) is 5.75 Å². The summed E-state index contributed by atoms with van der Waals surface area (Å²) in [6.45, 7) is 3.04. The molecule has 0 radical (unpaired) electrons. The number of fused-ring (bicyclic) bond motifs is 1. The van der Waals surface area contributed by atoms with Crippen molar-refractivity contribution in [3.63, 3.8) is 0 Å². The van der Waals surface area contributed by atoms with Crippen LogP contribution in [0.4, 0.5) is 4.39 Å². The summed E-state index contributed by atoms with van der Waals surface area (Å²) in [6.07, 6.45) is 3.23. The summed E-state index contributed by atoms with van der Waals surface area (Å²) in [4.78, 5) is 0. The highest BCUT2D eigenvalue weighted by atomic mass is 19.1. The van der Waals surface area contributed by atoms with E-state index in [0.29, 0.717) is 5.75 Å². The van der Waals surface area contributed by atoms with Crippen LogP contribution in [-0.4, -0.2) is 14.8 Å². The molecule has 1 aromatic heterocycles. The SMILES string of the molecule is C[C@H](N)c1ccc(F)cc1OCc1nnc2n1CCCC2. The maximum Gasteiger partial charge on any atom is 0.171 e. The highest BCUT2D eigenvalue weighted by molar-refractivity contribution is 5.36. The average molecular weight is 290 g/mol. The van der Waals surface area contributed by atoms with Gasteiger partial charge in [-0.05, 0) is 25.8 Å². The van der Waals surface area contributed by atoms with Crippen molar-refractivity contribution in [1.29, 1.82) is 0 Å². The van der Waals surface area contributed by atoms with Crippen LogP contribution in [0.2, 0.25) is 0 Å². The van der Waals surface area contributed by atoms with Gasteiger partial charge in [-0.15, -0.1) is 10.2 Å². The summed E-state index contributed by atoms with van der Waals surface area (Å²) >= 11 is 0. The van der Waals surface area contributed by atoms with Gasteiger partial charge in [0, 0.05) is 30.6 Å². The van der Waals surface area contributed by atoms with Gasteiger partial charge in [0.05, 0.1) is 0 Å². The van der Waals surface area contributed by atoms with Gasteiger partial charge < -0.3 is 15.0 Å². The first-order valence-electron chi connectivity index (χ1n) is 7.24. The zero-order valence-electron chi connectivity index (χ0n) is 12.1. The Morgan fingerprint density at radius 2 is 2.24 bits per heavy atom. The van der Waals surface area contributed by atoms with E-state index in [0.717, 1.165) is 43.0 Å². The Balaban J connectivity index is 1.79. The van der Waals surface area contributed by atoms with E-state index < -0.39 is 0 Å². The first kappa shape index (κ1) is 14.0. The molecule has 5 nitrogen and oxygen atoms in total. The van der Waals surface area contributed by atoms with Crippen LogP contribution >= 0.6 is 0 Å². The van der Waals surface area contributed by atoms with Crippen molar-refractivity contribution >= 4 is 0 Å². The molecule has 0 saturated carbocycles. The molecule has 0 unspecified atom stereocenters. The molecule has 21 heavy (non-hydrogen) atoms. The van der Waals surface area contributed by atoms with Crippen LogP contribution in [0.25, 0.3) is 0 Å². The first-order valence-corrected chi connectivity index (χ1v) is 7.24. The number of benzene rings is 1. The zero-order valence-corrected chi connectivity index (χ0v) is 12.1. The third-order valence-corrected chi connectivity index (χ3v) is 3.76. The first-order chi connectivity index (χ1) is 10.1. The predicted molar refractivity (Wildman–Crippen MR) is 76.3 cm³/mol. The van der Waals surface area contributed by atoms with Gasteiger partial charge in [-0.1, -0.05) is 6.07 Å². The molecular formula is C15H19FN4O. The molecule has 1 aliphatic heterocycles. The van der Waals surface area contributed by atoms with Gasteiger partial charge >= 0.3 is 0 Å². The van der Waals surface area contributed by atoms with Crippen LogP contribution in [0, 0.1) is 5.82 Å². The molecule has 2 N–H and O–H groups in total. The molecule has 3 rings (SSSR count). The standard InChI is InChI=1S/C15H19FN4O/c1-10(17)12-6-5-11(16)8-13(12)21-9-15-19-18-14-4-2-3-7-20(14)15/h5-6,8,10H,2-4,7,9,17H2,1H3/t10-/m0/s1. The smallest absolute Gasteiger partial charge is 0.171 e. The van der Waals surface area contributed by atoms with E-state index in [2.05, 4.69) is 14.8 Å². The van der Waals surface area contributed by atoms with Crippen molar-refractivity contribution in [2.75, 3.05) is 0 Å². The summed E-state index contributed by atoms with van der Waals surface area (Å²) in [5, 5.41) is 8.35. The molecule has 1 aliphatic rings. The molecule has 0 amide bonds. The minimum absolute atomic E-state index is 0.215. The number of nitrogens with zero attached hydrogens (tertiary/aromatic N) is 3. The Hall–Kier alpha value is -1.95. The molecule has 1 aromatic carbocycles. The van der Waals surface area contributed by atoms with E-state index >= 15 is 0 Å². The molecule has 1 atom stereocenters. The Labute approximate surface area is 122 Å². The number of nitrogens with two attached hydrogens (primary N) is 1. The topological polar surface area (TPSA) is 66.0 Å². The minimum Gasteiger partial charge on any atom is -0.485 e. The number of hydrogen-bond acceptors (Lipinski definition) is 4. The summed E-state index contributed by atoms with van der Waals surface area (Å²) in [7, 11) is 0. The average Bonchev–Trinajstić information content (AvgIpc) is 2.88. The largest absolute Gasteiger partial charge is 0.485 e. The highest BCUT2D eigenvalue weighted by Crippen LogP contribution is 2.26. The number of hydrogen-bond donors (Lipinski definition) is 1. The van der Waals surface area contributed by atoms with Crippen LogP contribution in [0.1, 0.15) is 43.0 Å². The molecule has 2 aromatic rings. The molecule has 112 valence electrons. The van der Waals surface area contributed by atoms with Crippen molar-refractivity contribution < 1.29 is 9.13 Å². The fraction of sp³-hybridized carbons (Fsp3) is 0.467. The van der Waals surface area contributed by atoms with Gasteiger partial charge in [0.25, 0.3) is 0 Å². The van der Waals surface area contributed by atoms with E-state index in [-0.39, 0.29) is 18.5 Å². The molecule has 0 aliphatic carbocycles. The third-order valence-electron chi connectivity index (χ3n) is 3.76. The van der Waals surface area contributed by atoms with Crippen LogP contribution < -0.4 is 10.5 Å². The van der Waals surface area contributed by atoms with E-state index in [1.165, 1.54) is 12.1 Å². The third kappa shape index (κ3) is 2.90. The number of halogens is 1. The lowest BCUT2D eigenvalue weighted by Crippen LogP contribution is -2.15. The van der Waals surface area contributed by atoms with Crippen molar-refractivity contribution in [1.82, 2.24) is 14.8 Å². The molecule has 6 heteroatoms. The lowest BCUT2D eigenvalue weighted by Gasteiger charge is -2.16. The Bertz CT molecular complexity index is 639. The Morgan fingerprint density at radius 1 is 1.38 bits per heavy atom. The molecule has 0 saturated heterocycles. The second kappa shape index (κ2) is 5.81. The maximum absolute atomic E-state index is 13.4. The normalized spacial score (nSPS) is 15.6. The summed E-state index contributed by atoms with van der Waals surface area (Å²) in [5.74, 6) is 1.92. The van der Waals surface area contributed by atoms with E-state index in [9.17, 15) is 4.39 Å². The number of ether oxygens (including phenoxy) is 1. The highest BCUT2D eigenvalue weighted by Gasteiger charge is 2.17. The van der Waals surface area contributed by atoms with Crippen LogP contribution in [-0.2, 0) is 19.6 Å². The lowest BCUT2D eigenvalue weighted by atomic mass is 10.1. The second-order valence-corrected chi connectivity index (χ2v) is 5.40. The van der Waals surface area contributed by atoms with E-state index in [1.54, 1.807) is 6.07 Å². The monoisotopic (exact) mass is 290 g/mol. The molecule has 0 spiro atoms. The number of aryl methyl sites for hydroxylation is 1. The lowest BCUT2D eigenvalue weighted by molar-refractivity contribution is 0.280. The molecule has 0 fully saturated rings.